The lowest BCUT2D eigenvalue weighted by molar-refractivity contribution is -0.0809. The third-order valence-electron chi connectivity index (χ3n) is 4.19. The number of rotatable bonds is 4. The van der Waals surface area contributed by atoms with Crippen molar-refractivity contribution in [2.45, 2.75) is 58.2 Å². The van der Waals surface area contributed by atoms with Crippen molar-refractivity contribution in [2.75, 3.05) is 13.7 Å². The Balaban J connectivity index is 2.10. The molecular weight excluding hydrogens is 274 g/mol. The topological polar surface area (TPSA) is 30.3 Å². The highest BCUT2D eigenvalue weighted by molar-refractivity contribution is 6.30. The Kier molecular flexibility index (Phi) is 4.77. The maximum atomic E-state index is 6.38. The van der Waals surface area contributed by atoms with Gasteiger partial charge in [0.2, 0.25) is 0 Å². The summed E-state index contributed by atoms with van der Waals surface area (Å²) in [6.45, 7) is 8.16. The van der Waals surface area contributed by atoms with Crippen LogP contribution in [0.4, 0.5) is 0 Å². The van der Waals surface area contributed by atoms with Crippen molar-refractivity contribution < 1.29 is 4.74 Å². The van der Waals surface area contributed by atoms with Gasteiger partial charge in [-0.3, -0.25) is 9.58 Å². The van der Waals surface area contributed by atoms with E-state index in [0.29, 0.717) is 6.04 Å². The number of hydrogen-bond donors (Lipinski definition) is 0. The maximum Gasteiger partial charge on any atom is 0.131 e. The molecule has 0 spiro atoms. The van der Waals surface area contributed by atoms with Gasteiger partial charge >= 0.3 is 0 Å². The van der Waals surface area contributed by atoms with Crippen LogP contribution in [0.2, 0.25) is 5.15 Å². The molecule has 1 atom stereocenters. The van der Waals surface area contributed by atoms with Crippen molar-refractivity contribution in [3.05, 3.63) is 16.4 Å². The van der Waals surface area contributed by atoms with Crippen LogP contribution in [0.1, 0.15) is 44.9 Å². The van der Waals surface area contributed by atoms with Gasteiger partial charge in [-0.05, 0) is 40.2 Å². The fourth-order valence-corrected chi connectivity index (χ4v) is 3.20. The van der Waals surface area contributed by atoms with Crippen LogP contribution < -0.4 is 0 Å². The summed E-state index contributed by atoms with van der Waals surface area (Å²) in [4.78, 5) is 2.40. The standard InChI is InChI=1S/C15H26ClN3O/c1-6-13-12(14(16)19(5)17-13)10-18(4)11-7-8-20-15(2,3)9-11/h11H,6-10H2,1-5H3. The third-order valence-corrected chi connectivity index (χ3v) is 4.66. The Hall–Kier alpha value is -0.580. The van der Waals surface area contributed by atoms with Crippen LogP contribution >= 0.6 is 11.6 Å². The first-order valence-corrected chi connectivity index (χ1v) is 7.76. The molecule has 0 N–H and O–H groups in total. The molecule has 1 saturated heterocycles. The minimum atomic E-state index is -0.0243. The van der Waals surface area contributed by atoms with Gasteiger partial charge in [0.05, 0.1) is 11.3 Å². The van der Waals surface area contributed by atoms with E-state index in [1.807, 2.05) is 7.05 Å². The molecule has 0 aromatic carbocycles. The van der Waals surface area contributed by atoms with Crippen LogP contribution in [0.5, 0.6) is 0 Å². The number of aromatic nitrogens is 2. The van der Waals surface area contributed by atoms with Crippen LogP contribution in [-0.2, 0) is 24.8 Å². The minimum absolute atomic E-state index is 0.0243. The number of halogens is 1. The molecule has 0 amide bonds. The van der Waals surface area contributed by atoms with Gasteiger partial charge in [0.15, 0.2) is 0 Å². The second-order valence-electron chi connectivity index (χ2n) is 6.36. The first kappa shape index (κ1) is 15.8. The number of ether oxygens (including phenoxy) is 1. The van der Waals surface area contributed by atoms with Gasteiger partial charge in [0.25, 0.3) is 0 Å². The van der Waals surface area contributed by atoms with Crippen LogP contribution in [-0.4, -0.2) is 40.0 Å². The molecule has 0 saturated carbocycles. The monoisotopic (exact) mass is 299 g/mol. The Morgan fingerprint density at radius 2 is 2.20 bits per heavy atom. The molecule has 1 fully saturated rings. The average Bonchev–Trinajstić information content (AvgIpc) is 2.65. The van der Waals surface area contributed by atoms with Crippen LogP contribution in [0.15, 0.2) is 0 Å². The molecule has 1 aromatic rings. The molecule has 0 aliphatic carbocycles. The lowest BCUT2D eigenvalue weighted by Crippen LogP contribution is -2.44. The second-order valence-corrected chi connectivity index (χ2v) is 6.72. The van der Waals surface area contributed by atoms with Gasteiger partial charge in [-0.1, -0.05) is 18.5 Å². The van der Waals surface area contributed by atoms with E-state index in [-0.39, 0.29) is 5.60 Å². The van der Waals surface area contributed by atoms with E-state index >= 15 is 0 Å². The van der Waals surface area contributed by atoms with Crippen molar-refractivity contribution in [1.29, 1.82) is 0 Å². The SMILES string of the molecule is CCc1nn(C)c(Cl)c1CN(C)C1CCOC(C)(C)C1. The largest absolute Gasteiger partial charge is 0.375 e. The van der Waals surface area contributed by atoms with Gasteiger partial charge in [0.1, 0.15) is 5.15 Å². The number of hydrogen-bond acceptors (Lipinski definition) is 3. The van der Waals surface area contributed by atoms with E-state index < -0.39 is 0 Å². The smallest absolute Gasteiger partial charge is 0.131 e. The molecule has 1 aromatic heterocycles. The molecule has 114 valence electrons. The second kappa shape index (κ2) is 6.04. The normalized spacial score (nSPS) is 22.4. The van der Waals surface area contributed by atoms with Crippen molar-refractivity contribution in [3.63, 3.8) is 0 Å². The summed E-state index contributed by atoms with van der Waals surface area (Å²) in [6, 6.07) is 0.541. The zero-order valence-corrected chi connectivity index (χ0v) is 14.0. The third kappa shape index (κ3) is 3.35. The van der Waals surface area contributed by atoms with Gasteiger partial charge in [-0.15, -0.1) is 0 Å². The summed E-state index contributed by atoms with van der Waals surface area (Å²) >= 11 is 6.38. The fourth-order valence-electron chi connectivity index (χ4n) is 2.99. The Morgan fingerprint density at radius 1 is 1.50 bits per heavy atom. The summed E-state index contributed by atoms with van der Waals surface area (Å²) in [5.74, 6) is 0. The first-order valence-electron chi connectivity index (χ1n) is 7.38. The molecule has 2 heterocycles. The zero-order chi connectivity index (χ0) is 14.9. The van der Waals surface area contributed by atoms with Crippen molar-refractivity contribution in [3.8, 4) is 0 Å². The fraction of sp³-hybridized carbons (Fsp3) is 0.800. The van der Waals surface area contributed by atoms with E-state index in [2.05, 4.69) is 37.8 Å². The molecular formula is C15H26ClN3O. The van der Waals surface area contributed by atoms with E-state index in [1.54, 1.807) is 4.68 Å². The highest BCUT2D eigenvalue weighted by Gasteiger charge is 2.31. The predicted molar refractivity (Wildman–Crippen MR) is 82.1 cm³/mol. The number of nitrogens with zero attached hydrogens (tertiary/aromatic N) is 3. The van der Waals surface area contributed by atoms with Crippen molar-refractivity contribution >= 4 is 11.6 Å². The molecule has 20 heavy (non-hydrogen) atoms. The van der Waals surface area contributed by atoms with Crippen molar-refractivity contribution in [1.82, 2.24) is 14.7 Å². The van der Waals surface area contributed by atoms with E-state index in [9.17, 15) is 0 Å². The number of aryl methyl sites for hydroxylation is 2. The summed E-state index contributed by atoms with van der Waals surface area (Å²) in [6.07, 6.45) is 3.06. The summed E-state index contributed by atoms with van der Waals surface area (Å²) in [5.41, 5.74) is 2.25. The van der Waals surface area contributed by atoms with Gasteiger partial charge in [-0.2, -0.15) is 5.10 Å². The molecule has 1 unspecified atom stereocenters. The van der Waals surface area contributed by atoms with Crippen LogP contribution in [0.3, 0.4) is 0 Å². The Labute approximate surface area is 127 Å². The molecule has 5 heteroatoms. The maximum absolute atomic E-state index is 6.38. The van der Waals surface area contributed by atoms with E-state index in [1.165, 1.54) is 5.56 Å². The molecule has 2 rings (SSSR count). The summed E-state index contributed by atoms with van der Waals surface area (Å²) in [7, 11) is 4.08. The summed E-state index contributed by atoms with van der Waals surface area (Å²) < 4.78 is 7.57. The van der Waals surface area contributed by atoms with Crippen LogP contribution in [0.25, 0.3) is 0 Å². The highest BCUT2D eigenvalue weighted by Crippen LogP contribution is 2.29. The molecule has 1 aliphatic heterocycles. The van der Waals surface area contributed by atoms with Crippen molar-refractivity contribution in [2.24, 2.45) is 7.05 Å². The lowest BCUT2D eigenvalue weighted by atomic mass is 9.93. The highest BCUT2D eigenvalue weighted by atomic mass is 35.5. The van der Waals surface area contributed by atoms with Crippen LogP contribution in [0, 0.1) is 0 Å². The Morgan fingerprint density at radius 3 is 2.80 bits per heavy atom. The molecule has 1 aliphatic rings. The summed E-state index contributed by atoms with van der Waals surface area (Å²) in [5, 5.41) is 5.25. The lowest BCUT2D eigenvalue weighted by Gasteiger charge is -2.39. The first-order chi connectivity index (χ1) is 9.34. The van der Waals surface area contributed by atoms with Gasteiger partial charge in [0, 0.05) is 31.8 Å². The molecule has 0 radical (unpaired) electrons. The quantitative estimate of drug-likeness (QED) is 0.856. The molecule has 4 nitrogen and oxygen atoms in total. The average molecular weight is 300 g/mol. The van der Waals surface area contributed by atoms with Gasteiger partial charge in [-0.25, -0.2) is 0 Å². The molecule has 0 bridgehead atoms. The zero-order valence-electron chi connectivity index (χ0n) is 13.2. The van der Waals surface area contributed by atoms with E-state index in [4.69, 9.17) is 16.3 Å². The van der Waals surface area contributed by atoms with E-state index in [0.717, 1.165) is 43.3 Å². The predicted octanol–water partition coefficient (Wildman–Crippen LogP) is 3.03. The Bertz CT molecular complexity index is 470. The van der Waals surface area contributed by atoms with Gasteiger partial charge < -0.3 is 4.74 Å². The minimum Gasteiger partial charge on any atom is -0.375 e.